The standard InChI is InChI=1S/C74H106N2O18/c1-7-19-61(79)34-37-73(38-35-62(80)20-8-2,39-36-63(81)24-18-40-89-41-42-90-43-44-91-45-46-92-72-69(75-54(3)78)71(85)70(84)67(51-77)94-72)50-64(82)23-16-11-9-10-12-17-25-68(83)76-60-48-55(52-86-4)47-56(49-60)53-93-74(57-21-14-13-15-22-57,58-26-30-65(87-5)31-27-58)59-28-32-66(88-6)33-29-59/h13-15,21-22,26-33,47-49,67,69-72,77,84-85H,7-12,16-20,23-25,34-46,50-53H2,1-6H3,(H,75,78)(H,76,83). The molecule has 0 saturated carbocycles. The maximum atomic E-state index is 13.9. The lowest BCUT2D eigenvalue weighted by Gasteiger charge is -2.42. The third-order valence-electron chi connectivity index (χ3n) is 17.1. The van der Waals surface area contributed by atoms with E-state index in [1.54, 1.807) is 21.3 Å². The summed E-state index contributed by atoms with van der Waals surface area (Å²) in [6, 6.07) is 30.7. The van der Waals surface area contributed by atoms with Crippen LogP contribution in [0.1, 0.15) is 183 Å². The number of carbonyl (C=O) groups is 6. The van der Waals surface area contributed by atoms with Crippen molar-refractivity contribution < 1.29 is 86.7 Å². The third kappa shape index (κ3) is 27.1. The highest BCUT2D eigenvalue weighted by molar-refractivity contribution is 5.91. The molecule has 5 N–H and O–H groups in total. The molecule has 20 nitrogen and oxygen atoms in total. The molecule has 5 rings (SSSR count). The maximum Gasteiger partial charge on any atom is 0.224 e. The third-order valence-corrected chi connectivity index (χ3v) is 17.1. The number of methoxy groups -OCH3 is 3. The Labute approximate surface area is 556 Å². The van der Waals surface area contributed by atoms with E-state index in [4.69, 9.17) is 42.6 Å². The molecule has 1 fully saturated rings. The largest absolute Gasteiger partial charge is 0.497 e. The zero-order valence-electron chi connectivity index (χ0n) is 56.5. The van der Waals surface area contributed by atoms with E-state index in [1.807, 2.05) is 98.8 Å². The quantitative estimate of drug-likeness (QED) is 0.0203. The van der Waals surface area contributed by atoms with Crippen molar-refractivity contribution in [2.75, 3.05) is 79.5 Å². The van der Waals surface area contributed by atoms with Gasteiger partial charge in [-0.05, 0) is 121 Å². The zero-order valence-corrected chi connectivity index (χ0v) is 56.5. The van der Waals surface area contributed by atoms with Crippen LogP contribution in [0.4, 0.5) is 5.69 Å². The molecule has 20 heteroatoms. The van der Waals surface area contributed by atoms with E-state index in [1.165, 1.54) is 6.92 Å². The summed E-state index contributed by atoms with van der Waals surface area (Å²) in [5.74, 6) is 1.29. The first-order chi connectivity index (χ1) is 45.5. The molecule has 0 aliphatic carbocycles. The molecule has 0 radical (unpaired) electrons. The van der Waals surface area contributed by atoms with Crippen LogP contribution in [0, 0.1) is 5.41 Å². The highest BCUT2D eigenvalue weighted by Crippen LogP contribution is 2.43. The molecule has 520 valence electrons. The molecule has 0 spiro atoms. The van der Waals surface area contributed by atoms with Gasteiger partial charge >= 0.3 is 0 Å². The van der Waals surface area contributed by atoms with Crippen molar-refractivity contribution in [3.05, 3.63) is 125 Å². The number of amides is 2. The van der Waals surface area contributed by atoms with Gasteiger partial charge < -0.3 is 68.6 Å². The van der Waals surface area contributed by atoms with Crippen LogP contribution in [0.25, 0.3) is 0 Å². The van der Waals surface area contributed by atoms with Gasteiger partial charge in [-0.25, -0.2) is 0 Å². The molecule has 5 unspecified atom stereocenters. The van der Waals surface area contributed by atoms with Crippen LogP contribution in [0.2, 0.25) is 0 Å². The number of anilines is 1. The Hall–Kier alpha value is -6.30. The minimum absolute atomic E-state index is 0.0443. The molecule has 1 saturated heterocycles. The van der Waals surface area contributed by atoms with Gasteiger partial charge in [0.25, 0.3) is 0 Å². The van der Waals surface area contributed by atoms with Crippen LogP contribution in [0.15, 0.2) is 97.1 Å². The van der Waals surface area contributed by atoms with Gasteiger partial charge in [0.2, 0.25) is 11.8 Å². The Balaban J connectivity index is 1.04. The van der Waals surface area contributed by atoms with Crippen LogP contribution in [0.3, 0.4) is 0 Å². The van der Waals surface area contributed by atoms with E-state index < -0.39 is 54.2 Å². The lowest BCUT2D eigenvalue weighted by Crippen LogP contribution is -2.64. The van der Waals surface area contributed by atoms with Crippen molar-refractivity contribution in [2.45, 2.75) is 205 Å². The Bertz CT molecular complexity index is 2780. The molecular formula is C74H106N2O18. The normalized spacial score (nSPS) is 16.5. The van der Waals surface area contributed by atoms with Crippen molar-refractivity contribution in [3.8, 4) is 11.5 Å². The topological polar surface area (TPSA) is 270 Å². The second-order valence-corrected chi connectivity index (χ2v) is 24.5. The van der Waals surface area contributed by atoms with Crippen LogP contribution < -0.4 is 20.1 Å². The van der Waals surface area contributed by atoms with Crippen LogP contribution in [-0.4, -0.2) is 155 Å². The van der Waals surface area contributed by atoms with E-state index in [2.05, 4.69) is 22.8 Å². The van der Waals surface area contributed by atoms with Crippen molar-refractivity contribution in [2.24, 2.45) is 5.41 Å². The molecular weight excluding hydrogens is 1200 g/mol. The number of hydrogen-bond acceptors (Lipinski definition) is 18. The summed E-state index contributed by atoms with van der Waals surface area (Å²) in [6.07, 6.45) is 6.21. The highest BCUT2D eigenvalue weighted by Gasteiger charge is 2.45. The fraction of sp³-hybridized carbons (Fsp3) is 0.595. The fourth-order valence-electron chi connectivity index (χ4n) is 12.0. The molecule has 1 aliphatic rings. The van der Waals surface area contributed by atoms with Gasteiger partial charge in [-0.2, -0.15) is 0 Å². The summed E-state index contributed by atoms with van der Waals surface area (Å²) in [6.45, 7) is 6.88. The number of carbonyl (C=O) groups excluding carboxylic acids is 6. The molecule has 0 aromatic heterocycles. The molecule has 5 atom stereocenters. The van der Waals surface area contributed by atoms with Gasteiger partial charge in [-0.3, -0.25) is 28.8 Å². The van der Waals surface area contributed by atoms with Crippen LogP contribution in [-0.2, 0) is 80.7 Å². The van der Waals surface area contributed by atoms with Gasteiger partial charge in [0.05, 0.1) is 73.7 Å². The molecule has 1 heterocycles. The Morgan fingerprint density at radius 2 is 1.02 bits per heavy atom. The van der Waals surface area contributed by atoms with Crippen molar-refractivity contribution in [3.63, 3.8) is 0 Å². The first-order valence-corrected chi connectivity index (χ1v) is 33.7. The lowest BCUT2D eigenvalue weighted by atomic mass is 9.70. The van der Waals surface area contributed by atoms with Crippen molar-refractivity contribution in [1.82, 2.24) is 5.32 Å². The number of hydrogen-bond donors (Lipinski definition) is 5. The minimum atomic E-state index is -1.41. The molecule has 94 heavy (non-hydrogen) atoms. The van der Waals surface area contributed by atoms with Gasteiger partial charge in [-0.15, -0.1) is 0 Å². The minimum Gasteiger partial charge on any atom is -0.497 e. The van der Waals surface area contributed by atoms with E-state index >= 15 is 0 Å². The Morgan fingerprint density at radius 1 is 0.532 bits per heavy atom. The monoisotopic (exact) mass is 1310 g/mol. The predicted molar refractivity (Wildman–Crippen MR) is 357 cm³/mol. The first kappa shape index (κ1) is 78.4. The Morgan fingerprint density at radius 3 is 1.54 bits per heavy atom. The predicted octanol–water partition coefficient (Wildman–Crippen LogP) is 10.8. The molecule has 0 bridgehead atoms. The summed E-state index contributed by atoms with van der Waals surface area (Å²) in [5, 5.41) is 35.8. The van der Waals surface area contributed by atoms with Gasteiger partial charge in [-0.1, -0.05) is 100 Å². The first-order valence-electron chi connectivity index (χ1n) is 33.7. The van der Waals surface area contributed by atoms with E-state index in [0.29, 0.717) is 116 Å². The number of rotatable bonds is 51. The summed E-state index contributed by atoms with van der Waals surface area (Å²) >= 11 is 0. The average molecular weight is 1310 g/mol. The molecule has 4 aromatic rings. The molecule has 4 aromatic carbocycles. The summed E-state index contributed by atoms with van der Waals surface area (Å²) in [5.41, 5.74) is 3.46. The van der Waals surface area contributed by atoms with E-state index in [-0.39, 0.29) is 74.9 Å². The lowest BCUT2D eigenvalue weighted by molar-refractivity contribution is -0.272. The van der Waals surface area contributed by atoms with Gasteiger partial charge in [0.15, 0.2) is 6.29 Å². The maximum absolute atomic E-state index is 13.9. The van der Waals surface area contributed by atoms with Crippen LogP contribution >= 0.6 is 0 Å². The summed E-state index contributed by atoms with van der Waals surface area (Å²) < 4.78 is 51.9. The fourth-order valence-corrected chi connectivity index (χ4v) is 12.0. The number of aliphatic hydroxyl groups is 3. The highest BCUT2D eigenvalue weighted by atomic mass is 16.7. The second kappa shape index (κ2) is 43.7. The number of ketones is 4. The molecule has 1 aliphatic heterocycles. The van der Waals surface area contributed by atoms with E-state index in [0.717, 1.165) is 77.8 Å². The van der Waals surface area contributed by atoms with Crippen molar-refractivity contribution >= 4 is 40.6 Å². The second-order valence-electron chi connectivity index (χ2n) is 24.5. The van der Waals surface area contributed by atoms with Crippen LogP contribution in [0.5, 0.6) is 11.5 Å². The number of aliphatic hydroxyl groups excluding tert-OH is 3. The summed E-state index contributed by atoms with van der Waals surface area (Å²) in [4.78, 5) is 78.4. The Kier molecular flexibility index (Phi) is 36.5. The number of benzene rings is 4. The zero-order chi connectivity index (χ0) is 68.0. The van der Waals surface area contributed by atoms with Crippen molar-refractivity contribution in [1.29, 1.82) is 0 Å². The summed E-state index contributed by atoms with van der Waals surface area (Å²) in [7, 11) is 4.92. The smallest absolute Gasteiger partial charge is 0.224 e. The van der Waals surface area contributed by atoms with Gasteiger partial charge in [0.1, 0.15) is 64.6 Å². The number of Topliss-reactive ketones (excluding diaryl/α,β-unsaturated/α-hetero) is 4. The SMILES string of the molecule is CCCC(=O)CCC(CCC(=O)CCC)(CCC(=O)CCCOCCOCCOCCOC1OC(CO)C(O)C(O)C1NC(C)=O)CC(=O)CCCCCCCCC(=O)Nc1cc(COC)cc(COC(c2ccccc2)(c2ccc(OC)cc2)c2ccc(OC)cc2)c1. The number of ether oxygens (including phenoxy) is 9. The average Bonchev–Trinajstić information content (AvgIpc) is 0.758. The van der Waals surface area contributed by atoms with Gasteiger partial charge in [0, 0.05) is 84.1 Å². The van der Waals surface area contributed by atoms with E-state index in [9.17, 15) is 44.1 Å². The molecule has 2 amide bonds. The number of unbranched alkanes of at least 4 members (excludes halogenated alkanes) is 5. The number of nitrogens with one attached hydrogen (secondary N) is 2.